The molecule has 1 aliphatic rings. The minimum absolute atomic E-state index is 0.0344. The maximum absolute atomic E-state index is 12.8. The van der Waals surface area contributed by atoms with Crippen molar-refractivity contribution in [2.24, 2.45) is 0 Å². The molecule has 0 aromatic carbocycles. The van der Waals surface area contributed by atoms with E-state index in [1.165, 1.54) is 21.8 Å². The SMILES string of the molecule is O=C(O)c1c(N2CC(F)(F)C2)nn2cccnc12. The summed E-state index contributed by atoms with van der Waals surface area (Å²) in [6.07, 6.45) is 2.95. The Morgan fingerprint density at radius 3 is 2.78 bits per heavy atom. The van der Waals surface area contributed by atoms with Gasteiger partial charge >= 0.3 is 5.97 Å². The molecule has 0 saturated carbocycles. The fourth-order valence-corrected chi connectivity index (χ4v) is 1.95. The van der Waals surface area contributed by atoms with Gasteiger partial charge < -0.3 is 10.0 Å². The second-order valence-corrected chi connectivity index (χ2v) is 4.10. The quantitative estimate of drug-likeness (QED) is 0.861. The molecule has 3 rings (SSSR count). The zero-order valence-corrected chi connectivity index (χ0v) is 9.05. The Hall–Kier alpha value is -2.25. The molecule has 1 saturated heterocycles. The highest BCUT2D eigenvalue weighted by Gasteiger charge is 2.46. The highest BCUT2D eigenvalue weighted by atomic mass is 19.3. The third kappa shape index (κ3) is 1.49. The Balaban J connectivity index is 2.11. The predicted octanol–water partition coefficient (Wildman–Crippen LogP) is 0.883. The van der Waals surface area contributed by atoms with Gasteiger partial charge in [0.2, 0.25) is 0 Å². The van der Waals surface area contributed by atoms with Crippen LogP contribution in [0.25, 0.3) is 5.65 Å². The summed E-state index contributed by atoms with van der Waals surface area (Å²) in [5, 5.41) is 13.1. The molecule has 6 nitrogen and oxygen atoms in total. The number of fused-ring (bicyclic) bond motifs is 1. The number of carboxylic acid groups (broad SMARTS) is 1. The van der Waals surface area contributed by atoms with Crippen LogP contribution in [0.4, 0.5) is 14.6 Å². The average molecular weight is 254 g/mol. The van der Waals surface area contributed by atoms with E-state index in [-0.39, 0.29) is 17.0 Å². The number of alkyl halides is 2. The van der Waals surface area contributed by atoms with E-state index in [0.29, 0.717) is 0 Å². The van der Waals surface area contributed by atoms with E-state index in [4.69, 9.17) is 5.11 Å². The van der Waals surface area contributed by atoms with E-state index in [2.05, 4.69) is 10.1 Å². The topological polar surface area (TPSA) is 70.7 Å². The molecular formula is C10H8F2N4O2. The molecule has 0 bridgehead atoms. The molecule has 1 aliphatic heterocycles. The van der Waals surface area contributed by atoms with Crippen LogP contribution in [-0.4, -0.2) is 44.7 Å². The number of hydrogen-bond donors (Lipinski definition) is 1. The molecule has 1 N–H and O–H groups in total. The average Bonchev–Trinajstić information content (AvgIpc) is 2.64. The summed E-state index contributed by atoms with van der Waals surface area (Å²) in [6.45, 7) is -1.03. The Bertz CT molecular complexity index is 632. The van der Waals surface area contributed by atoms with Crippen LogP contribution >= 0.6 is 0 Å². The lowest BCUT2D eigenvalue weighted by atomic mass is 10.1. The molecule has 2 aromatic heterocycles. The molecule has 0 spiro atoms. The summed E-state index contributed by atoms with van der Waals surface area (Å²) in [5.74, 6) is -3.97. The second kappa shape index (κ2) is 3.37. The van der Waals surface area contributed by atoms with Crippen molar-refractivity contribution in [2.45, 2.75) is 5.92 Å². The lowest BCUT2D eigenvalue weighted by Gasteiger charge is -2.38. The van der Waals surface area contributed by atoms with Gasteiger partial charge in [0.15, 0.2) is 11.5 Å². The largest absolute Gasteiger partial charge is 0.477 e. The summed E-state index contributed by atoms with van der Waals surface area (Å²) >= 11 is 0. The van der Waals surface area contributed by atoms with Gasteiger partial charge in [-0.25, -0.2) is 23.1 Å². The van der Waals surface area contributed by atoms with Crippen molar-refractivity contribution < 1.29 is 18.7 Å². The molecular weight excluding hydrogens is 246 g/mol. The third-order valence-electron chi connectivity index (χ3n) is 2.73. The third-order valence-corrected chi connectivity index (χ3v) is 2.73. The number of aromatic carboxylic acids is 1. The summed E-state index contributed by atoms with van der Waals surface area (Å²) < 4.78 is 26.9. The number of aromatic nitrogens is 3. The zero-order valence-electron chi connectivity index (χ0n) is 9.05. The first kappa shape index (κ1) is 10.9. The summed E-state index contributed by atoms with van der Waals surface area (Å²) in [6, 6.07) is 1.58. The Kier molecular flexibility index (Phi) is 2.04. The van der Waals surface area contributed by atoms with E-state index in [1.54, 1.807) is 6.07 Å². The van der Waals surface area contributed by atoms with E-state index in [1.807, 2.05) is 0 Å². The van der Waals surface area contributed by atoms with Gasteiger partial charge in [-0.1, -0.05) is 0 Å². The lowest BCUT2D eigenvalue weighted by molar-refractivity contribution is -0.0268. The van der Waals surface area contributed by atoms with Crippen LogP contribution in [0.15, 0.2) is 18.5 Å². The molecule has 0 aliphatic carbocycles. The van der Waals surface area contributed by atoms with Crippen molar-refractivity contribution in [3.05, 3.63) is 24.0 Å². The molecule has 0 unspecified atom stereocenters. The minimum Gasteiger partial charge on any atom is -0.477 e. The number of carbonyl (C=O) groups is 1. The number of halogens is 2. The first-order valence-electron chi connectivity index (χ1n) is 5.17. The fraction of sp³-hybridized carbons (Fsp3) is 0.300. The first-order chi connectivity index (χ1) is 8.48. The van der Waals surface area contributed by atoms with Gasteiger partial charge in [-0.2, -0.15) is 0 Å². The first-order valence-corrected chi connectivity index (χ1v) is 5.17. The summed E-state index contributed by atoms with van der Waals surface area (Å²) in [7, 11) is 0. The second-order valence-electron chi connectivity index (χ2n) is 4.10. The molecule has 0 radical (unpaired) electrons. The molecule has 8 heteroatoms. The van der Waals surface area contributed by atoms with Crippen LogP contribution in [0.1, 0.15) is 10.4 Å². The Morgan fingerprint density at radius 1 is 1.44 bits per heavy atom. The monoisotopic (exact) mass is 254 g/mol. The number of carboxylic acids is 1. The fourth-order valence-electron chi connectivity index (χ4n) is 1.95. The van der Waals surface area contributed by atoms with Crippen molar-refractivity contribution in [1.82, 2.24) is 14.6 Å². The molecule has 1 fully saturated rings. The Labute approximate surface area is 99.5 Å². The van der Waals surface area contributed by atoms with Gasteiger partial charge in [0.05, 0.1) is 13.1 Å². The summed E-state index contributed by atoms with van der Waals surface area (Å²) in [4.78, 5) is 16.3. The molecule has 0 atom stereocenters. The molecule has 3 heterocycles. The number of nitrogens with zero attached hydrogens (tertiary/aromatic N) is 4. The maximum atomic E-state index is 12.8. The predicted molar refractivity (Wildman–Crippen MR) is 57.1 cm³/mol. The van der Waals surface area contributed by atoms with E-state index >= 15 is 0 Å². The minimum atomic E-state index is -2.78. The van der Waals surface area contributed by atoms with E-state index in [0.717, 1.165) is 0 Å². The van der Waals surface area contributed by atoms with Gasteiger partial charge in [0, 0.05) is 12.4 Å². The number of anilines is 1. The zero-order chi connectivity index (χ0) is 12.9. The van der Waals surface area contributed by atoms with Gasteiger partial charge in [-0.3, -0.25) is 0 Å². The van der Waals surface area contributed by atoms with Crippen molar-refractivity contribution >= 4 is 17.4 Å². The smallest absolute Gasteiger partial charge is 0.343 e. The van der Waals surface area contributed by atoms with Crippen molar-refractivity contribution in [3.63, 3.8) is 0 Å². The van der Waals surface area contributed by atoms with Crippen molar-refractivity contribution in [3.8, 4) is 0 Å². The standard InChI is InChI=1S/C10H8F2N4O2/c11-10(12)4-15(5-10)8-6(9(17)18)7-13-2-1-3-16(7)14-8/h1-3H,4-5H2,(H,17,18). The van der Waals surface area contributed by atoms with E-state index < -0.39 is 25.0 Å². The Morgan fingerprint density at radius 2 is 2.17 bits per heavy atom. The van der Waals surface area contributed by atoms with Gasteiger partial charge in [0.25, 0.3) is 5.92 Å². The highest BCUT2D eigenvalue weighted by molar-refractivity contribution is 6.00. The maximum Gasteiger partial charge on any atom is 0.343 e. The van der Waals surface area contributed by atoms with Gasteiger partial charge in [0.1, 0.15) is 5.56 Å². The van der Waals surface area contributed by atoms with Crippen LogP contribution < -0.4 is 4.90 Å². The molecule has 0 amide bonds. The van der Waals surface area contributed by atoms with Crippen LogP contribution in [-0.2, 0) is 0 Å². The van der Waals surface area contributed by atoms with Crippen LogP contribution in [0.2, 0.25) is 0 Å². The van der Waals surface area contributed by atoms with Gasteiger partial charge in [-0.15, -0.1) is 5.10 Å². The van der Waals surface area contributed by atoms with Crippen LogP contribution in [0.5, 0.6) is 0 Å². The number of rotatable bonds is 2. The van der Waals surface area contributed by atoms with Crippen molar-refractivity contribution in [2.75, 3.05) is 18.0 Å². The normalized spacial score (nSPS) is 17.8. The molecule has 2 aromatic rings. The van der Waals surface area contributed by atoms with Crippen LogP contribution in [0, 0.1) is 0 Å². The van der Waals surface area contributed by atoms with Crippen LogP contribution in [0.3, 0.4) is 0 Å². The lowest BCUT2D eigenvalue weighted by Crippen LogP contribution is -2.56. The van der Waals surface area contributed by atoms with Gasteiger partial charge in [-0.05, 0) is 6.07 Å². The molecule has 18 heavy (non-hydrogen) atoms. The molecule has 94 valence electrons. The summed E-state index contributed by atoms with van der Waals surface area (Å²) in [5.41, 5.74) is 0.00122. The van der Waals surface area contributed by atoms with Crippen molar-refractivity contribution in [1.29, 1.82) is 0 Å². The number of hydrogen-bond acceptors (Lipinski definition) is 4. The highest BCUT2D eigenvalue weighted by Crippen LogP contribution is 2.33. The van der Waals surface area contributed by atoms with E-state index in [9.17, 15) is 13.6 Å².